The van der Waals surface area contributed by atoms with Crippen LogP contribution in [0.1, 0.15) is 12.5 Å². The number of likely N-dealkylation sites (N-methyl/N-ethyl adjacent to an activating group) is 1. The maximum atomic E-state index is 13.6. The van der Waals surface area contributed by atoms with E-state index in [1.807, 2.05) is 36.1 Å². The molecule has 0 aromatic heterocycles. The Morgan fingerprint density at radius 1 is 1.12 bits per heavy atom. The molecule has 0 bridgehead atoms. The maximum Gasteiger partial charge on any atom is 0.322 e. The van der Waals surface area contributed by atoms with Crippen LogP contribution in [0, 0.1) is 5.82 Å². The first-order valence-electron chi connectivity index (χ1n) is 10.2. The Balaban J connectivity index is 1.69. The summed E-state index contributed by atoms with van der Waals surface area (Å²) in [7, 11) is 1.70. The van der Waals surface area contributed by atoms with Gasteiger partial charge in [0.05, 0.1) is 11.7 Å². The summed E-state index contributed by atoms with van der Waals surface area (Å²) in [6, 6.07) is 20.0. The van der Waals surface area contributed by atoms with E-state index in [0.29, 0.717) is 28.6 Å². The maximum absolute atomic E-state index is 13.6. The zero-order valence-electron chi connectivity index (χ0n) is 17.9. The highest BCUT2D eigenvalue weighted by Gasteiger charge is 2.31. The topological polar surface area (TPSA) is 74.0 Å². The number of nitrogens with two attached hydrogens (primary N) is 1. The van der Waals surface area contributed by atoms with Crippen molar-refractivity contribution in [2.45, 2.75) is 13.0 Å². The lowest BCUT2D eigenvalue weighted by atomic mass is 10.0. The van der Waals surface area contributed by atoms with Crippen molar-refractivity contribution in [1.29, 1.82) is 0 Å². The number of hydrogen-bond donors (Lipinski definition) is 2. The zero-order valence-corrected chi connectivity index (χ0v) is 17.9. The van der Waals surface area contributed by atoms with Crippen molar-refractivity contribution in [3.63, 3.8) is 0 Å². The summed E-state index contributed by atoms with van der Waals surface area (Å²) < 4.78 is 13.6. The van der Waals surface area contributed by atoms with E-state index < -0.39 is 6.04 Å². The van der Waals surface area contributed by atoms with Gasteiger partial charge in [-0.15, -0.1) is 0 Å². The number of urea groups is 1. The molecule has 0 aliphatic carbocycles. The van der Waals surface area contributed by atoms with E-state index in [9.17, 15) is 9.18 Å². The number of fused-ring (bicyclic) bond motifs is 1. The zero-order chi connectivity index (χ0) is 22.8. The first-order chi connectivity index (χ1) is 15.3. The van der Waals surface area contributed by atoms with Crippen molar-refractivity contribution in [3.05, 3.63) is 90.8 Å². The molecule has 1 aliphatic rings. The number of nitrogens with zero attached hydrogens (tertiary/aromatic N) is 3. The quantitative estimate of drug-likeness (QED) is 0.539. The van der Waals surface area contributed by atoms with E-state index >= 15 is 0 Å². The number of rotatable bonds is 4. The summed E-state index contributed by atoms with van der Waals surface area (Å²) in [5.41, 5.74) is 10.0. The third-order valence-corrected chi connectivity index (χ3v) is 5.45. The minimum Gasteiger partial charge on any atom is -0.399 e. The number of amides is 2. The third-order valence-electron chi connectivity index (χ3n) is 5.45. The van der Waals surface area contributed by atoms with Crippen LogP contribution in [0.5, 0.6) is 0 Å². The molecule has 0 spiro atoms. The highest BCUT2D eigenvalue weighted by atomic mass is 19.1. The molecule has 7 heteroatoms. The number of anilines is 3. The highest BCUT2D eigenvalue weighted by molar-refractivity contribution is 6.16. The van der Waals surface area contributed by atoms with E-state index in [2.05, 4.69) is 11.9 Å². The average Bonchev–Trinajstić information content (AvgIpc) is 2.79. The van der Waals surface area contributed by atoms with Crippen molar-refractivity contribution in [1.82, 2.24) is 4.90 Å². The predicted octanol–water partition coefficient (Wildman–Crippen LogP) is 5.48. The fourth-order valence-electron chi connectivity index (χ4n) is 3.58. The summed E-state index contributed by atoms with van der Waals surface area (Å²) in [6.45, 7) is 6.15. The van der Waals surface area contributed by atoms with Gasteiger partial charge in [-0.2, -0.15) is 0 Å². The van der Waals surface area contributed by atoms with Crippen molar-refractivity contribution < 1.29 is 9.18 Å². The summed E-state index contributed by atoms with van der Waals surface area (Å²) in [5, 5.41) is 2.86. The molecule has 0 saturated carbocycles. The molecular weight excluding hydrogens is 405 g/mol. The van der Waals surface area contributed by atoms with Crippen molar-refractivity contribution in [2.24, 2.45) is 4.99 Å². The van der Waals surface area contributed by atoms with Gasteiger partial charge in [-0.05, 0) is 55.5 Å². The number of amidine groups is 1. The molecular formula is C25H24FN5O. The van der Waals surface area contributed by atoms with E-state index in [1.165, 1.54) is 12.1 Å². The standard InChI is InChI=1S/C25H24FN5O/c1-16-22-9-4-5-10-23(22)29-24(31(16)21-13-11-18(26)12-14-21)17(2)30(3)25(32)28-20-8-6-7-19(27)15-20/h4-15,17H,1,27H2,2-3H3,(H,28,32). The Hall–Kier alpha value is -4.13. The first kappa shape index (κ1) is 21.1. The fourth-order valence-corrected chi connectivity index (χ4v) is 3.58. The summed E-state index contributed by atoms with van der Waals surface area (Å²) in [4.78, 5) is 21.2. The Morgan fingerprint density at radius 3 is 2.56 bits per heavy atom. The van der Waals surface area contributed by atoms with Gasteiger partial charge in [-0.3, -0.25) is 4.90 Å². The van der Waals surface area contributed by atoms with Gasteiger partial charge in [-0.25, -0.2) is 14.2 Å². The van der Waals surface area contributed by atoms with Gasteiger partial charge >= 0.3 is 6.03 Å². The molecule has 1 aliphatic heterocycles. The molecule has 2 amide bonds. The predicted molar refractivity (Wildman–Crippen MR) is 129 cm³/mol. The first-order valence-corrected chi connectivity index (χ1v) is 10.2. The largest absolute Gasteiger partial charge is 0.399 e. The monoisotopic (exact) mass is 429 g/mol. The lowest BCUT2D eigenvalue weighted by Gasteiger charge is -2.37. The fraction of sp³-hybridized carbons (Fsp3) is 0.120. The molecule has 3 aromatic carbocycles. The van der Waals surface area contributed by atoms with Gasteiger partial charge < -0.3 is 16.0 Å². The number of halogens is 1. The Kier molecular flexibility index (Phi) is 5.64. The number of aliphatic imine (C=N–C) groups is 1. The van der Waals surface area contributed by atoms with Crippen LogP contribution in [0.2, 0.25) is 0 Å². The van der Waals surface area contributed by atoms with Crippen LogP contribution in [-0.4, -0.2) is 29.9 Å². The minimum atomic E-state index is -0.425. The molecule has 0 radical (unpaired) electrons. The molecule has 1 heterocycles. The van der Waals surface area contributed by atoms with E-state index in [0.717, 1.165) is 11.3 Å². The Bertz CT molecular complexity index is 1200. The van der Waals surface area contributed by atoms with Gasteiger partial charge in [-0.1, -0.05) is 30.8 Å². The average molecular weight is 429 g/mol. The van der Waals surface area contributed by atoms with Gasteiger partial charge in [0.25, 0.3) is 0 Å². The number of benzene rings is 3. The number of carbonyl (C=O) groups excluding carboxylic acids is 1. The number of carbonyl (C=O) groups is 1. The van der Waals surface area contributed by atoms with E-state index in [1.54, 1.807) is 48.3 Å². The number of nitrogens with one attached hydrogen (secondary N) is 1. The van der Waals surface area contributed by atoms with Gasteiger partial charge in [0.1, 0.15) is 11.7 Å². The molecule has 162 valence electrons. The molecule has 4 rings (SSSR count). The molecule has 32 heavy (non-hydrogen) atoms. The van der Waals surface area contributed by atoms with Crippen LogP contribution in [0.4, 0.5) is 31.9 Å². The summed E-state index contributed by atoms with van der Waals surface area (Å²) in [5.74, 6) is 0.271. The lowest BCUT2D eigenvalue weighted by molar-refractivity contribution is 0.218. The Labute approximate surface area is 186 Å². The lowest BCUT2D eigenvalue weighted by Crippen LogP contribution is -2.49. The number of hydrogen-bond acceptors (Lipinski definition) is 4. The molecule has 3 aromatic rings. The molecule has 0 saturated heterocycles. The van der Waals surface area contributed by atoms with Crippen molar-refractivity contribution in [2.75, 3.05) is 23.0 Å². The van der Waals surface area contributed by atoms with E-state index in [4.69, 9.17) is 10.7 Å². The SMILES string of the molecule is C=C1c2ccccc2N=C(C(C)N(C)C(=O)Nc2cccc(N)c2)N1c1ccc(F)cc1. The minimum absolute atomic E-state index is 0.311. The summed E-state index contributed by atoms with van der Waals surface area (Å²) >= 11 is 0. The van der Waals surface area contributed by atoms with Gasteiger partial charge in [0.2, 0.25) is 0 Å². The van der Waals surface area contributed by atoms with Gasteiger partial charge in [0, 0.05) is 35.4 Å². The smallest absolute Gasteiger partial charge is 0.322 e. The molecule has 6 nitrogen and oxygen atoms in total. The van der Waals surface area contributed by atoms with Crippen molar-refractivity contribution >= 4 is 40.3 Å². The van der Waals surface area contributed by atoms with Crippen LogP contribution >= 0.6 is 0 Å². The molecule has 1 unspecified atom stereocenters. The van der Waals surface area contributed by atoms with E-state index in [-0.39, 0.29) is 11.8 Å². The second-order valence-electron chi connectivity index (χ2n) is 7.59. The number of nitrogen functional groups attached to an aromatic ring is 1. The molecule has 3 N–H and O–H groups in total. The third kappa shape index (κ3) is 4.05. The molecule has 1 atom stereocenters. The van der Waals surface area contributed by atoms with Crippen LogP contribution < -0.4 is 16.0 Å². The normalized spacial score (nSPS) is 13.8. The summed E-state index contributed by atoms with van der Waals surface area (Å²) in [6.07, 6.45) is 0. The van der Waals surface area contributed by atoms with Crippen LogP contribution in [0.3, 0.4) is 0 Å². The van der Waals surface area contributed by atoms with Crippen LogP contribution in [0.15, 0.2) is 84.4 Å². The molecule has 0 fully saturated rings. The number of para-hydroxylation sites is 1. The van der Waals surface area contributed by atoms with Crippen molar-refractivity contribution in [3.8, 4) is 0 Å². The van der Waals surface area contributed by atoms with Crippen LogP contribution in [0.25, 0.3) is 5.70 Å². The highest BCUT2D eigenvalue weighted by Crippen LogP contribution is 2.37. The second kappa shape index (κ2) is 8.55. The second-order valence-corrected chi connectivity index (χ2v) is 7.59. The Morgan fingerprint density at radius 2 is 1.84 bits per heavy atom. The van der Waals surface area contributed by atoms with Gasteiger partial charge in [0.15, 0.2) is 0 Å². The van der Waals surface area contributed by atoms with Crippen LogP contribution in [-0.2, 0) is 0 Å².